The van der Waals surface area contributed by atoms with Crippen molar-refractivity contribution in [2.75, 3.05) is 39.6 Å². The SMILES string of the molecule is CC/C=C\C/C=C\C/C=C\C/C=C\C/C=C\CC(=O)OC(COC(=O)CCCCCCCC/C=C\C/C=C\C/C=C\C/C=C\CC)COP(=O)(O)OCC(O)COP(=O)(O)OCC(COC(=O)CCCCCCCC/C=C\C/C=C\C/C=C\C/C=C\CC)OC(=O)CCCCCCCCCCCCC. The summed E-state index contributed by atoms with van der Waals surface area (Å²) in [5, 5.41) is 10.6. The number of carbonyl (C=O) groups excluding carboxylic acids is 4. The maximum absolute atomic E-state index is 13.1. The van der Waals surface area contributed by atoms with E-state index in [1.165, 1.54) is 38.5 Å². The van der Waals surface area contributed by atoms with Crippen molar-refractivity contribution < 1.29 is 80.2 Å². The Kier molecular flexibility index (Phi) is 72.0. The highest BCUT2D eigenvalue weighted by molar-refractivity contribution is 7.47. The first kappa shape index (κ1) is 98.7. The van der Waals surface area contributed by atoms with Crippen LogP contribution in [-0.4, -0.2) is 96.7 Å². The van der Waals surface area contributed by atoms with Gasteiger partial charge in [0.1, 0.15) is 19.3 Å². The van der Waals surface area contributed by atoms with Crippen LogP contribution in [0.4, 0.5) is 0 Å². The van der Waals surface area contributed by atoms with Crippen molar-refractivity contribution in [1.29, 1.82) is 0 Å². The van der Waals surface area contributed by atoms with Crippen molar-refractivity contribution in [3.63, 3.8) is 0 Å². The van der Waals surface area contributed by atoms with Gasteiger partial charge in [-0.1, -0.05) is 301 Å². The highest BCUT2D eigenvalue weighted by atomic mass is 31.2. The topological polar surface area (TPSA) is 237 Å². The molecule has 104 heavy (non-hydrogen) atoms. The summed E-state index contributed by atoms with van der Waals surface area (Å²) in [4.78, 5) is 72.9. The first-order valence-corrected chi connectivity index (χ1v) is 42.7. The molecule has 0 rings (SSSR count). The Labute approximate surface area is 629 Å². The zero-order chi connectivity index (χ0) is 76.0. The van der Waals surface area contributed by atoms with E-state index in [0.29, 0.717) is 25.7 Å². The molecule has 0 bridgehead atoms. The lowest BCUT2D eigenvalue weighted by Gasteiger charge is -2.21. The minimum absolute atomic E-state index is 0.0870. The number of phosphoric ester groups is 2. The molecule has 0 aromatic rings. The first-order chi connectivity index (χ1) is 50.7. The Bertz CT molecular complexity index is 2590. The van der Waals surface area contributed by atoms with Crippen LogP contribution in [0.3, 0.4) is 0 Å². The lowest BCUT2D eigenvalue weighted by atomic mass is 10.1. The van der Waals surface area contributed by atoms with Gasteiger partial charge in [-0.05, 0) is 128 Å². The molecule has 0 aromatic heterocycles. The molecule has 0 amide bonds. The van der Waals surface area contributed by atoms with E-state index in [-0.39, 0.29) is 25.7 Å². The van der Waals surface area contributed by atoms with Crippen LogP contribution in [0, 0.1) is 0 Å². The summed E-state index contributed by atoms with van der Waals surface area (Å²) in [6.07, 6.45) is 88.3. The number of aliphatic hydroxyl groups is 1. The molecule has 17 nitrogen and oxygen atoms in total. The number of aliphatic hydroxyl groups excluding tert-OH is 1. The second-order valence-electron chi connectivity index (χ2n) is 25.9. The van der Waals surface area contributed by atoms with Crippen LogP contribution >= 0.6 is 15.6 Å². The van der Waals surface area contributed by atoms with Gasteiger partial charge < -0.3 is 33.8 Å². The molecule has 19 heteroatoms. The average molecular weight is 1500 g/mol. The fourth-order valence-corrected chi connectivity index (χ4v) is 11.7. The molecule has 0 fully saturated rings. The molecule has 0 radical (unpaired) electrons. The van der Waals surface area contributed by atoms with Crippen LogP contribution in [0.2, 0.25) is 0 Å². The number of phosphoric acid groups is 2. The van der Waals surface area contributed by atoms with Gasteiger partial charge in [-0.15, -0.1) is 0 Å². The van der Waals surface area contributed by atoms with E-state index >= 15 is 0 Å². The number of hydrogen-bond donors (Lipinski definition) is 3. The maximum Gasteiger partial charge on any atom is 0.472 e. The molecule has 3 N–H and O–H groups in total. The molecular formula is C85H140O17P2. The monoisotopic (exact) mass is 1490 g/mol. The van der Waals surface area contributed by atoms with E-state index in [1.54, 1.807) is 12.2 Å². The summed E-state index contributed by atoms with van der Waals surface area (Å²) in [5.41, 5.74) is 0. The summed E-state index contributed by atoms with van der Waals surface area (Å²) in [6.45, 7) is 4.38. The van der Waals surface area contributed by atoms with Crippen LogP contribution in [0.25, 0.3) is 0 Å². The highest BCUT2D eigenvalue weighted by Crippen LogP contribution is 2.45. The molecule has 0 heterocycles. The predicted molar refractivity (Wildman–Crippen MR) is 427 cm³/mol. The van der Waals surface area contributed by atoms with Crippen molar-refractivity contribution >= 4 is 39.5 Å². The fourth-order valence-electron chi connectivity index (χ4n) is 10.1. The standard InChI is InChI=1S/C85H140O17P2/c1-5-9-13-17-21-25-29-32-35-37-39-41-44-46-50-53-57-61-65-69-82(87)95-75-80(101-84(89)71-67-63-59-55-49-28-24-20-16-12-8-4)77-99-103(91,92)97-73-79(86)74-98-104(93,94)100-78-81(102-85(90)72-68-64-60-56-52-48-43-34-31-27-23-19-15-11-7-3)76-96-83(88)70-66-62-58-54-51-47-45-42-40-38-36-33-30-26-22-18-14-10-6-2/h9-11,13-15,21-23,25-27,32-36,39-43,52,56,64,68,79-81,86H,5-8,12,16-20,24,28-31,37-38,44-51,53-55,57-63,65-67,69-78H2,1-4H3,(H,91,92)(H,93,94)/b13-9-,14-10-,15-11-,25-21-,26-22-,27-23-,35-32-,36-33-,41-39-,42-40-,43-34-,56-52-,68-64-. The summed E-state index contributed by atoms with van der Waals surface area (Å²) < 4.78 is 68.4. The third kappa shape index (κ3) is 74.9. The largest absolute Gasteiger partial charge is 0.472 e. The normalized spacial score (nSPS) is 14.7. The molecule has 0 aliphatic rings. The number of esters is 4. The zero-order valence-corrected chi connectivity index (χ0v) is 66.4. The summed E-state index contributed by atoms with van der Waals surface area (Å²) in [5.74, 6) is -2.36. The van der Waals surface area contributed by atoms with Crippen molar-refractivity contribution in [3.8, 4) is 0 Å². The van der Waals surface area contributed by atoms with E-state index < -0.39 is 97.5 Å². The van der Waals surface area contributed by atoms with Crippen molar-refractivity contribution in [2.24, 2.45) is 0 Å². The van der Waals surface area contributed by atoms with E-state index in [2.05, 4.69) is 161 Å². The van der Waals surface area contributed by atoms with Gasteiger partial charge in [-0.2, -0.15) is 0 Å². The van der Waals surface area contributed by atoms with Gasteiger partial charge in [0.2, 0.25) is 0 Å². The van der Waals surface area contributed by atoms with Gasteiger partial charge in [0.05, 0.1) is 32.8 Å². The van der Waals surface area contributed by atoms with Crippen LogP contribution in [-0.2, 0) is 65.4 Å². The lowest BCUT2D eigenvalue weighted by molar-refractivity contribution is -0.161. The molecule has 5 unspecified atom stereocenters. The number of hydrogen-bond acceptors (Lipinski definition) is 15. The smallest absolute Gasteiger partial charge is 0.462 e. The average Bonchev–Trinajstić information content (AvgIpc) is 0.924. The van der Waals surface area contributed by atoms with Crippen LogP contribution in [0.1, 0.15) is 297 Å². The van der Waals surface area contributed by atoms with Crippen molar-refractivity contribution in [1.82, 2.24) is 0 Å². The fraction of sp³-hybridized carbons (Fsp3) is 0.647. The first-order valence-electron chi connectivity index (χ1n) is 39.7. The summed E-state index contributed by atoms with van der Waals surface area (Å²) in [7, 11) is -10.00. The molecular weight excluding hydrogens is 1350 g/mol. The van der Waals surface area contributed by atoms with Gasteiger partial charge >= 0.3 is 39.5 Å². The maximum atomic E-state index is 13.1. The van der Waals surface area contributed by atoms with E-state index in [0.717, 1.165) is 180 Å². The van der Waals surface area contributed by atoms with E-state index in [4.69, 9.17) is 37.0 Å². The Balaban J connectivity index is 5.40. The number of rotatable bonds is 73. The molecule has 0 spiro atoms. The molecule has 0 aliphatic carbocycles. The minimum Gasteiger partial charge on any atom is -0.462 e. The molecule has 592 valence electrons. The molecule has 0 saturated carbocycles. The van der Waals surface area contributed by atoms with Crippen LogP contribution < -0.4 is 0 Å². The van der Waals surface area contributed by atoms with Crippen LogP contribution in [0.5, 0.6) is 0 Å². The van der Waals surface area contributed by atoms with Crippen molar-refractivity contribution in [3.05, 3.63) is 158 Å². The summed E-state index contributed by atoms with van der Waals surface area (Å²) in [6, 6.07) is 0. The van der Waals surface area contributed by atoms with Gasteiger partial charge in [0.15, 0.2) is 12.2 Å². The Morgan fingerprint density at radius 2 is 0.538 bits per heavy atom. The lowest BCUT2D eigenvalue weighted by Crippen LogP contribution is -2.30. The van der Waals surface area contributed by atoms with E-state index in [1.807, 2.05) is 12.2 Å². The third-order valence-electron chi connectivity index (χ3n) is 16.0. The Hall–Kier alpha value is -5.32. The summed E-state index contributed by atoms with van der Waals surface area (Å²) >= 11 is 0. The molecule has 5 atom stereocenters. The Morgan fingerprint density at radius 1 is 0.288 bits per heavy atom. The predicted octanol–water partition coefficient (Wildman–Crippen LogP) is 23.2. The number of unbranched alkanes of at least 4 members (excludes halogenated alkanes) is 22. The number of ether oxygens (including phenoxy) is 4. The third-order valence-corrected chi connectivity index (χ3v) is 17.9. The van der Waals surface area contributed by atoms with Gasteiger partial charge in [-0.25, -0.2) is 9.13 Å². The van der Waals surface area contributed by atoms with Crippen LogP contribution in [0.15, 0.2) is 158 Å². The number of allylic oxidation sites excluding steroid dienone is 25. The van der Waals surface area contributed by atoms with Gasteiger partial charge in [0, 0.05) is 19.3 Å². The zero-order valence-electron chi connectivity index (χ0n) is 64.6. The van der Waals surface area contributed by atoms with E-state index in [9.17, 15) is 43.2 Å². The van der Waals surface area contributed by atoms with Gasteiger partial charge in [0.25, 0.3) is 0 Å². The number of carbonyl (C=O) groups is 4. The molecule has 0 aliphatic heterocycles. The minimum atomic E-state index is -5.01. The van der Waals surface area contributed by atoms with Gasteiger partial charge in [-0.3, -0.25) is 37.3 Å². The van der Waals surface area contributed by atoms with Crippen molar-refractivity contribution in [2.45, 2.75) is 316 Å². The molecule has 0 saturated heterocycles. The highest BCUT2D eigenvalue weighted by Gasteiger charge is 2.30. The second-order valence-corrected chi connectivity index (χ2v) is 28.8. The quantitative estimate of drug-likeness (QED) is 0.0169. The second kappa shape index (κ2) is 75.9. The Morgan fingerprint density at radius 3 is 0.856 bits per heavy atom. The molecule has 0 aromatic carbocycles.